The van der Waals surface area contributed by atoms with Crippen LogP contribution in [0.15, 0.2) is 136 Å². The summed E-state index contributed by atoms with van der Waals surface area (Å²) < 4.78 is 10.1. The minimum Gasteiger partial charge on any atom is -0.461 e. The fraction of sp³-hybridized carbons (Fsp3) is 0.118. The fourth-order valence-electron chi connectivity index (χ4n) is 6.11. The lowest BCUT2D eigenvalue weighted by Gasteiger charge is -2.33. The minimum atomic E-state index is 0.279. The molecule has 1 aromatic heterocycles. The normalized spacial score (nSPS) is 21.2. The second-order valence-electron chi connectivity index (χ2n) is 10.2. The van der Waals surface area contributed by atoms with Gasteiger partial charge in [0.25, 0.3) is 0 Å². The van der Waals surface area contributed by atoms with Gasteiger partial charge in [0.15, 0.2) is 0 Å². The molecule has 4 aromatic rings. The number of hydrogen-bond donors (Lipinski definition) is 0. The number of halogens is 1. The second-order valence-corrected chi connectivity index (χ2v) is 12.2. The lowest BCUT2D eigenvalue weighted by molar-refractivity contribution is 0.423. The molecule has 2 nitrogen and oxygen atoms in total. The Balaban J connectivity index is 1.26. The standard InChI is InChI=1S/C34H24BrNOS/c35-23-10-14-27-28-15-12-26(20-32(28)37-31(27)18-23)36(24-11-9-21-5-1-2-6-22(21)17-24)25-13-16-34-30(19-25)29-7-3-4-8-33(29)38-34/h1-8,10-14,16-21,28H,9,15H2. The number of ether oxygens (including phenoxy) is 1. The van der Waals surface area contributed by atoms with E-state index in [0.717, 1.165) is 28.8 Å². The summed E-state index contributed by atoms with van der Waals surface area (Å²) in [6.07, 6.45) is 20.2. The van der Waals surface area contributed by atoms with Crippen molar-refractivity contribution in [3.63, 3.8) is 0 Å². The molecule has 0 N–H and O–H groups in total. The average Bonchev–Trinajstić information content (AvgIpc) is 3.50. The predicted molar refractivity (Wildman–Crippen MR) is 163 cm³/mol. The van der Waals surface area contributed by atoms with Crippen LogP contribution in [0.4, 0.5) is 5.69 Å². The lowest BCUT2D eigenvalue weighted by Crippen LogP contribution is -2.24. The molecule has 0 bridgehead atoms. The van der Waals surface area contributed by atoms with Crippen LogP contribution in [0.5, 0.6) is 5.75 Å². The van der Waals surface area contributed by atoms with Gasteiger partial charge >= 0.3 is 0 Å². The second kappa shape index (κ2) is 8.72. The summed E-state index contributed by atoms with van der Waals surface area (Å²) in [6.45, 7) is 0. The van der Waals surface area contributed by atoms with Gasteiger partial charge in [-0.1, -0.05) is 76.7 Å². The molecule has 0 spiro atoms. The smallest absolute Gasteiger partial charge is 0.132 e. The third-order valence-electron chi connectivity index (χ3n) is 7.98. The zero-order valence-corrected chi connectivity index (χ0v) is 23.0. The molecule has 0 saturated carbocycles. The first kappa shape index (κ1) is 22.4. The Morgan fingerprint density at radius 3 is 2.68 bits per heavy atom. The Morgan fingerprint density at radius 1 is 0.842 bits per heavy atom. The monoisotopic (exact) mass is 573 g/mol. The van der Waals surface area contributed by atoms with Crippen molar-refractivity contribution in [1.29, 1.82) is 0 Å². The molecule has 0 radical (unpaired) electrons. The van der Waals surface area contributed by atoms with Crippen molar-refractivity contribution in [2.24, 2.45) is 5.92 Å². The number of hydrogen-bond acceptors (Lipinski definition) is 3. The fourth-order valence-corrected chi connectivity index (χ4v) is 7.54. The van der Waals surface area contributed by atoms with E-state index in [1.54, 1.807) is 0 Å². The largest absolute Gasteiger partial charge is 0.461 e. The molecule has 4 aliphatic rings. The summed E-state index contributed by atoms with van der Waals surface area (Å²) in [4.78, 5) is 2.42. The Morgan fingerprint density at radius 2 is 1.71 bits per heavy atom. The summed E-state index contributed by atoms with van der Waals surface area (Å²) in [7, 11) is 0. The van der Waals surface area contributed by atoms with Crippen LogP contribution in [-0.4, -0.2) is 0 Å². The Labute approximate surface area is 234 Å². The summed E-state index contributed by atoms with van der Waals surface area (Å²) >= 11 is 5.46. The Bertz CT molecular complexity index is 1830. The van der Waals surface area contributed by atoms with Gasteiger partial charge in [-0.05, 0) is 60.9 Å². The van der Waals surface area contributed by atoms with Gasteiger partial charge in [-0.15, -0.1) is 11.3 Å². The molecule has 0 saturated heterocycles. The molecule has 4 heteroatoms. The topological polar surface area (TPSA) is 12.5 Å². The predicted octanol–water partition coefficient (Wildman–Crippen LogP) is 9.93. The first-order valence-electron chi connectivity index (χ1n) is 13.1. The molecule has 2 heterocycles. The molecule has 3 aromatic carbocycles. The highest BCUT2D eigenvalue weighted by Gasteiger charge is 2.33. The SMILES string of the molecule is Brc1ccc2c(c1)OC1=CC(N(C3=CCC4C=CC=CC4=C3)c3ccc4sc5ccccc5c4c3)=CCC12. The molecule has 38 heavy (non-hydrogen) atoms. The van der Waals surface area contributed by atoms with Gasteiger partial charge < -0.3 is 9.64 Å². The van der Waals surface area contributed by atoms with E-state index in [-0.39, 0.29) is 5.92 Å². The Kier molecular flexibility index (Phi) is 5.14. The molecular weight excluding hydrogens is 550 g/mol. The Hall–Kier alpha value is -3.60. The molecule has 0 fully saturated rings. The van der Waals surface area contributed by atoms with Crippen molar-refractivity contribution in [3.05, 3.63) is 142 Å². The van der Waals surface area contributed by atoms with Crippen molar-refractivity contribution in [3.8, 4) is 5.75 Å². The highest BCUT2D eigenvalue weighted by Crippen LogP contribution is 2.48. The van der Waals surface area contributed by atoms with Crippen LogP contribution in [0.25, 0.3) is 20.2 Å². The molecule has 2 atom stereocenters. The maximum atomic E-state index is 6.41. The van der Waals surface area contributed by atoms with Gasteiger partial charge in [-0.3, -0.25) is 0 Å². The van der Waals surface area contributed by atoms with E-state index in [4.69, 9.17) is 4.74 Å². The van der Waals surface area contributed by atoms with E-state index in [0.29, 0.717) is 5.92 Å². The quantitative estimate of drug-likeness (QED) is 0.242. The number of allylic oxidation sites excluding steroid dienone is 10. The van der Waals surface area contributed by atoms with Crippen LogP contribution < -0.4 is 9.64 Å². The van der Waals surface area contributed by atoms with E-state index in [1.165, 1.54) is 48.4 Å². The van der Waals surface area contributed by atoms with Gasteiger partial charge in [-0.2, -0.15) is 0 Å². The van der Waals surface area contributed by atoms with Crippen molar-refractivity contribution in [1.82, 2.24) is 0 Å². The number of thiophene rings is 1. The van der Waals surface area contributed by atoms with Crippen LogP contribution in [0, 0.1) is 5.92 Å². The summed E-state index contributed by atoms with van der Waals surface area (Å²) in [5.41, 5.74) is 6.20. The number of fused-ring (bicyclic) bond motifs is 7. The first-order chi connectivity index (χ1) is 18.7. The summed E-state index contributed by atoms with van der Waals surface area (Å²) in [6, 6.07) is 22.0. The van der Waals surface area contributed by atoms with Gasteiger partial charge in [-0.25, -0.2) is 0 Å². The van der Waals surface area contributed by atoms with Crippen LogP contribution in [-0.2, 0) is 0 Å². The van der Waals surface area contributed by atoms with Gasteiger partial charge in [0.1, 0.15) is 11.5 Å². The maximum absolute atomic E-state index is 6.41. The zero-order chi connectivity index (χ0) is 25.2. The zero-order valence-electron chi connectivity index (χ0n) is 20.6. The van der Waals surface area contributed by atoms with E-state index in [9.17, 15) is 0 Å². The third kappa shape index (κ3) is 3.58. The molecule has 2 unspecified atom stereocenters. The number of rotatable bonds is 3. The third-order valence-corrected chi connectivity index (χ3v) is 9.62. The number of benzene rings is 3. The lowest BCUT2D eigenvalue weighted by atomic mass is 9.86. The first-order valence-corrected chi connectivity index (χ1v) is 14.7. The van der Waals surface area contributed by atoms with Crippen molar-refractivity contribution in [2.75, 3.05) is 4.90 Å². The summed E-state index contributed by atoms with van der Waals surface area (Å²) in [5.74, 6) is 2.73. The molecule has 1 aliphatic heterocycles. The average molecular weight is 575 g/mol. The van der Waals surface area contributed by atoms with Crippen LogP contribution >= 0.6 is 27.3 Å². The van der Waals surface area contributed by atoms with Crippen LogP contribution in [0.2, 0.25) is 0 Å². The van der Waals surface area contributed by atoms with Crippen molar-refractivity contribution < 1.29 is 4.74 Å². The molecule has 3 aliphatic carbocycles. The van der Waals surface area contributed by atoms with E-state index < -0.39 is 0 Å². The van der Waals surface area contributed by atoms with Crippen LogP contribution in [0.1, 0.15) is 24.3 Å². The summed E-state index contributed by atoms with van der Waals surface area (Å²) in [5, 5.41) is 2.63. The van der Waals surface area contributed by atoms with Gasteiger partial charge in [0.05, 0.1) is 0 Å². The molecule has 0 amide bonds. The molecular formula is C34H24BrNOS. The van der Waals surface area contributed by atoms with Gasteiger partial charge in [0, 0.05) is 65.2 Å². The highest BCUT2D eigenvalue weighted by molar-refractivity contribution is 9.10. The maximum Gasteiger partial charge on any atom is 0.132 e. The minimum absolute atomic E-state index is 0.279. The van der Waals surface area contributed by atoms with Crippen molar-refractivity contribution >= 4 is 53.1 Å². The number of nitrogens with zero attached hydrogens (tertiary/aromatic N) is 1. The van der Waals surface area contributed by atoms with Gasteiger partial charge in [0.2, 0.25) is 0 Å². The van der Waals surface area contributed by atoms with E-state index in [1.807, 2.05) is 11.3 Å². The number of anilines is 1. The molecule has 184 valence electrons. The van der Waals surface area contributed by atoms with E-state index >= 15 is 0 Å². The molecule has 8 rings (SSSR count). The van der Waals surface area contributed by atoms with E-state index in [2.05, 4.69) is 130 Å². The van der Waals surface area contributed by atoms with Crippen molar-refractivity contribution in [2.45, 2.75) is 18.8 Å². The highest BCUT2D eigenvalue weighted by atomic mass is 79.9. The van der Waals surface area contributed by atoms with Crippen LogP contribution in [0.3, 0.4) is 0 Å².